The van der Waals surface area contributed by atoms with Crippen LogP contribution in [0.1, 0.15) is 71.4 Å². The Bertz CT molecular complexity index is 2610. The third-order valence-corrected chi connectivity index (χ3v) is 14.3. The second-order valence-corrected chi connectivity index (χ2v) is 18.5. The van der Waals surface area contributed by atoms with E-state index >= 15 is 0 Å². The largest absolute Gasteiger partial charge is 0.334 e. The van der Waals surface area contributed by atoms with Crippen molar-refractivity contribution in [2.45, 2.75) is 76.7 Å². The molecule has 0 saturated heterocycles. The highest BCUT2D eigenvalue weighted by Crippen LogP contribution is 2.62. The van der Waals surface area contributed by atoms with Gasteiger partial charge in [-0.1, -0.05) is 144 Å². The molecule has 1 aliphatic carbocycles. The molecular weight excluding hydrogens is 701 g/mol. The number of hydrogen-bond acceptors (Lipinski definition) is 3. The second-order valence-electron chi connectivity index (χ2n) is 18.5. The summed E-state index contributed by atoms with van der Waals surface area (Å²) in [6, 6.07) is 61.9. The molecule has 2 atom stereocenters. The standard InChI is InChI=1S/C54H50BN3/c1-52(2,3)39-29-26-37(27-30-39)38-28-31-46-43(34-38)53(4)32-16-17-33-54(53,5)58(46)42-35-49-51-50(36-42)57(41-20-10-7-11-21-41)48-25-15-13-23-45(48)55(51)44-22-12-14-24-47(44)56(49)40-18-8-6-9-19-40/h6-15,18-31,34-36H,16-17,32-33H2,1-5H3. The molecule has 7 aromatic rings. The smallest absolute Gasteiger partial charge is 0.252 e. The summed E-state index contributed by atoms with van der Waals surface area (Å²) in [5, 5.41) is 0. The zero-order valence-corrected chi connectivity index (χ0v) is 34.3. The van der Waals surface area contributed by atoms with E-state index in [-0.39, 0.29) is 23.1 Å². The molecule has 1 saturated carbocycles. The van der Waals surface area contributed by atoms with Crippen LogP contribution in [-0.4, -0.2) is 12.3 Å². The molecule has 4 aliphatic rings. The fourth-order valence-corrected chi connectivity index (χ4v) is 11.2. The lowest BCUT2D eigenvalue weighted by molar-refractivity contribution is 0.195. The quantitative estimate of drug-likeness (QED) is 0.166. The molecule has 0 bridgehead atoms. The molecule has 3 aliphatic heterocycles. The lowest BCUT2D eigenvalue weighted by Crippen LogP contribution is -2.61. The zero-order chi connectivity index (χ0) is 39.4. The van der Waals surface area contributed by atoms with Gasteiger partial charge in [-0.25, -0.2) is 0 Å². The molecule has 0 N–H and O–H groups in total. The van der Waals surface area contributed by atoms with Gasteiger partial charge in [-0.15, -0.1) is 0 Å². The second kappa shape index (κ2) is 12.8. The van der Waals surface area contributed by atoms with Crippen LogP contribution in [0.15, 0.2) is 164 Å². The minimum atomic E-state index is -0.114. The third-order valence-electron chi connectivity index (χ3n) is 14.3. The van der Waals surface area contributed by atoms with Crippen LogP contribution in [0.3, 0.4) is 0 Å². The van der Waals surface area contributed by atoms with Gasteiger partial charge in [-0.3, -0.25) is 0 Å². The average Bonchev–Trinajstić information content (AvgIpc) is 3.46. The van der Waals surface area contributed by atoms with Gasteiger partial charge >= 0.3 is 0 Å². The summed E-state index contributed by atoms with van der Waals surface area (Å²) < 4.78 is 0. The molecule has 0 aromatic heterocycles. The maximum absolute atomic E-state index is 2.77. The van der Waals surface area contributed by atoms with Gasteiger partial charge < -0.3 is 14.7 Å². The molecule has 284 valence electrons. The Balaban J connectivity index is 1.18. The summed E-state index contributed by atoms with van der Waals surface area (Å²) in [5.74, 6) is 0. The number of hydrogen-bond donors (Lipinski definition) is 0. The van der Waals surface area contributed by atoms with Crippen molar-refractivity contribution in [1.82, 2.24) is 0 Å². The lowest BCUT2D eigenvalue weighted by atomic mass is 9.33. The van der Waals surface area contributed by atoms with E-state index in [0.29, 0.717) is 0 Å². The number of fused-ring (bicyclic) bond motifs is 7. The minimum absolute atomic E-state index is 0.0188. The van der Waals surface area contributed by atoms with Gasteiger partial charge in [0, 0.05) is 50.9 Å². The summed E-state index contributed by atoms with van der Waals surface area (Å²) in [5.41, 5.74) is 19.4. The SMILES string of the molecule is CC(C)(C)c1ccc(-c2ccc3c(c2)C2(C)CCCCC2(C)N3c2cc3c4c(c2)N(c2ccccc2)c2ccccc2B4c2ccccc2N3c2ccccc2)cc1. The highest BCUT2D eigenvalue weighted by atomic mass is 15.3. The number of rotatable bonds is 4. The number of nitrogens with zero attached hydrogens (tertiary/aromatic N) is 3. The Morgan fingerprint density at radius 2 is 1.00 bits per heavy atom. The van der Waals surface area contributed by atoms with Crippen LogP contribution >= 0.6 is 0 Å². The van der Waals surface area contributed by atoms with Crippen molar-refractivity contribution < 1.29 is 0 Å². The Kier molecular flexibility index (Phi) is 7.74. The summed E-state index contributed by atoms with van der Waals surface area (Å²) in [7, 11) is 0. The first-order valence-corrected chi connectivity index (χ1v) is 21.3. The van der Waals surface area contributed by atoms with E-state index < -0.39 is 0 Å². The summed E-state index contributed by atoms with van der Waals surface area (Å²) in [4.78, 5) is 7.84. The zero-order valence-electron chi connectivity index (χ0n) is 34.3. The molecule has 2 unspecified atom stereocenters. The van der Waals surface area contributed by atoms with Crippen LogP contribution in [0.5, 0.6) is 0 Å². The molecular formula is C54H50BN3. The van der Waals surface area contributed by atoms with Crippen LogP contribution in [0, 0.1) is 0 Å². The first-order chi connectivity index (χ1) is 28.2. The number of anilines is 8. The fraction of sp³-hybridized carbons (Fsp3) is 0.222. The van der Waals surface area contributed by atoms with Crippen molar-refractivity contribution in [1.29, 1.82) is 0 Å². The summed E-state index contributed by atoms with van der Waals surface area (Å²) in [6.07, 6.45) is 4.79. The van der Waals surface area contributed by atoms with E-state index in [0.717, 1.165) is 6.42 Å². The van der Waals surface area contributed by atoms with Gasteiger partial charge in [0.15, 0.2) is 0 Å². The molecule has 0 radical (unpaired) electrons. The third kappa shape index (κ3) is 5.00. The van der Waals surface area contributed by atoms with Crippen molar-refractivity contribution in [2.75, 3.05) is 14.7 Å². The molecule has 4 heteroatoms. The summed E-state index contributed by atoms with van der Waals surface area (Å²) >= 11 is 0. The van der Waals surface area contributed by atoms with E-state index in [2.05, 4.69) is 213 Å². The number of benzene rings is 7. The molecule has 0 spiro atoms. The van der Waals surface area contributed by atoms with Crippen LogP contribution in [-0.2, 0) is 10.8 Å². The molecule has 7 aromatic carbocycles. The predicted molar refractivity (Wildman–Crippen MR) is 247 cm³/mol. The highest BCUT2D eigenvalue weighted by molar-refractivity contribution is 7.00. The van der Waals surface area contributed by atoms with E-state index in [1.54, 1.807) is 0 Å². The monoisotopic (exact) mass is 751 g/mol. The van der Waals surface area contributed by atoms with Crippen LogP contribution < -0.4 is 31.1 Å². The van der Waals surface area contributed by atoms with Crippen LogP contribution in [0.4, 0.5) is 45.5 Å². The van der Waals surface area contributed by atoms with Gasteiger partial charge in [-0.05, 0) is 124 Å². The van der Waals surface area contributed by atoms with E-state index in [1.165, 1.54) is 103 Å². The minimum Gasteiger partial charge on any atom is -0.334 e. The molecule has 0 amide bonds. The van der Waals surface area contributed by atoms with Gasteiger partial charge in [0.25, 0.3) is 6.71 Å². The number of para-hydroxylation sites is 4. The molecule has 11 rings (SSSR count). The van der Waals surface area contributed by atoms with Crippen LogP contribution in [0.2, 0.25) is 0 Å². The fourth-order valence-electron chi connectivity index (χ4n) is 11.2. The van der Waals surface area contributed by atoms with Crippen molar-refractivity contribution in [3.8, 4) is 11.1 Å². The maximum Gasteiger partial charge on any atom is 0.252 e. The van der Waals surface area contributed by atoms with Gasteiger partial charge in [-0.2, -0.15) is 0 Å². The maximum atomic E-state index is 2.77. The first kappa shape index (κ1) is 35.2. The molecule has 58 heavy (non-hydrogen) atoms. The van der Waals surface area contributed by atoms with Crippen molar-refractivity contribution in [2.24, 2.45) is 0 Å². The van der Waals surface area contributed by atoms with Crippen LogP contribution in [0.25, 0.3) is 11.1 Å². The van der Waals surface area contributed by atoms with E-state index in [4.69, 9.17) is 0 Å². The highest BCUT2D eigenvalue weighted by Gasteiger charge is 2.58. The van der Waals surface area contributed by atoms with E-state index in [9.17, 15) is 0 Å². The first-order valence-electron chi connectivity index (χ1n) is 21.3. The van der Waals surface area contributed by atoms with Gasteiger partial charge in [0.2, 0.25) is 0 Å². The topological polar surface area (TPSA) is 9.72 Å². The Labute approximate surface area is 344 Å². The van der Waals surface area contributed by atoms with Crippen molar-refractivity contribution in [3.05, 3.63) is 175 Å². The molecule has 3 nitrogen and oxygen atoms in total. The Morgan fingerprint density at radius 1 is 0.483 bits per heavy atom. The van der Waals surface area contributed by atoms with Crippen molar-refractivity contribution in [3.63, 3.8) is 0 Å². The molecule has 3 heterocycles. The Hall–Kier alpha value is -6.00. The average molecular weight is 752 g/mol. The van der Waals surface area contributed by atoms with Gasteiger partial charge in [0.1, 0.15) is 0 Å². The van der Waals surface area contributed by atoms with E-state index in [1.807, 2.05) is 0 Å². The van der Waals surface area contributed by atoms with Gasteiger partial charge in [0.05, 0.1) is 5.54 Å². The molecule has 1 fully saturated rings. The van der Waals surface area contributed by atoms with Crippen molar-refractivity contribution >= 4 is 68.6 Å². The normalized spacial score (nSPS) is 20.2. The Morgan fingerprint density at radius 3 is 1.57 bits per heavy atom. The predicted octanol–water partition coefficient (Wildman–Crippen LogP) is 12.5. The summed E-state index contributed by atoms with van der Waals surface area (Å²) in [6.45, 7) is 12.1. The lowest BCUT2D eigenvalue weighted by Gasteiger charge is -2.51.